The molecule has 6 N–H and O–H groups in total. The second-order valence-corrected chi connectivity index (χ2v) is 25.4. The number of carbonyl (C=O) groups is 11. The van der Waals surface area contributed by atoms with Gasteiger partial charge in [0.05, 0.1) is 18.8 Å². The van der Waals surface area contributed by atoms with Crippen molar-refractivity contribution >= 4 is 65.0 Å². The van der Waals surface area contributed by atoms with E-state index in [1.54, 1.807) is 67.5 Å². The van der Waals surface area contributed by atoms with Crippen LogP contribution in [0, 0.1) is 35.5 Å². The van der Waals surface area contributed by atoms with Crippen LogP contribution in [0.1, 0.15) is 149 Å². The Morgan fingerprint density at radius 1 is 0.471 bits per heavy atom. The number of likely N-dealkylation sites (N-methyl/N-ethyl adjacent to an activating group) is 7. The quantitative estimate of drug-likeness (QED) is 0.128. The average Bonchev–Trinajstić information content (AvgIpc) is 3.57. The third-order valence-electron chi connectivity index (χ3n) is 16.0. The Labute approximate surface area is 507 Å². The zero-order valence-corrected chi connectivity index (χ0v) is 55.5. The van der Waals surface area contributed by atoms with E-state index in [0.29, 0.717) is 6.42 Å². The van der Waals surface area contributed by atoms with Crippen LogP contribution in [0.2, 0.25) is 0 Å². The van der Waals surface area contributed by atoms with Gasteiger partial charge in [-0.2, -0.15) is 0 Å². The van der Waals surface area contributed by atoms with E-state index in [2.05, 4.69) is 21.3 Å². The van der Waals surface area contributed by atoms with Gasteiger partial charge in [-0.25, -0.2) is 0 Å². The summed E-state index contributed by atoms with van der Waals surface area (Å²) >= 11 is 0. The van der Waals surface area contributed by atoms with Gasteiger partial charge in [0, 0.05) is 49.3 Å². The second-order valence-electron chi connectivity index (χ2n) is 25.4. The summed E-state index contributed by atoms with van der Waals surface area (Å²) in [5, 5.41) is 33.9. The molecule has 24 nitrogen and oxygen atoms in total. The molecule has 0 aliphatic carbocycles. The lowest BCUT2D eigenvalue weighted by atomic mass is 9.91. The molecule has 85 heavy (non-hydrogen) atoms. The van der Waals surface area contributed by atoms with Gasteiger partial charge in [0.15, 0.2) is 0 Å². The zero-order chi connectivity index (χ0) is 66.0. The molecule has 0 aromatic heterocycles. The van der Waals surface area contributed by atoms with Gasteiger partial charge in [-0.05, 0) is 94.8 Å². The first kappa shape index (κ1) is 76.8. The maximum Gasteiger partial charge on any atom is 0.246 e. The van der Waals surface area contributed by atoms with E-state index in [4.69, 9.17) is 0 Å². The Morgan fingerprint density at radius 2 is 0.906 bits per heavy atom. The number of aliphatic hydroxyl groups excluding tert-OH is 2. The minimum atomic E-state index is -1.64. The van der Waals surface area contributed by atoms with Crippen LogP contribution in [0.25, 0.3) is 0 Å². The highest BCUT2D eigenvalue weighted by Gasteiger charge is 2.46. The molecule has 0 bridgehead atoms. The van der Waals surface area contributed by atoms with Gasteiger partial charge in [0.2, 0.25) is 65.0 Å². The van der Waals surface area contributed by atoms with E-state index in [0.717, 1.165) is 14.7 Å². The van der Waals surface area contributed by atoms with Gasteiger partial charge < -0.3 is 65.8 Å². The van der Waals surface area contributed by atoms with Gasteiger partial charge >= 0.3 is 0 Å². The number of amides is 11. The van der Waals surface area contributed by atoms with Gasteiger partial charge in [-0.1, -0.05) is 102 Å². The molecule has 11 amide bonds. The number of hydrogen-bond donors (Lipinski definition) is 6. The van der Waals surface area contributed by atoms with Crippen molar-refractivity contribution in [2.24, 2.45) is 35.5 Å². The van der Waals surface area contributed by atoms with E-state index in [1.807, 2.05) is 41.5 Å². The van der Waals surface area contributed by atoms with Crippen molar-refractivity contribution in [3.8, 4) is 0 Å². The maximum atomic E-state index is 15.1. The number of hydrogen-bond acceptors (Lipinski definition) is 13. The Morgan fingerprint density at radius 3 is 1.35 bits per heavy atom. The third kappa shape index (κ3) is 21.0. The number of nitrogens with one attached hydrogen (secondary N) is 4. The summed E-state index contributed by atoms with van der Waals surface area (Å²) in [6, 6.07) is -13.1. The fourth-order valence-electron chi connectivity index (χ4n) is 10.7. The zero-order valence-electron chi connectivity index (χ0n) is 55.5. The monoisotopic (exact) mass is 1200 g/mol. The average molecular weight is 1200 g/mol. The summed E-state index contributed by atoms with van der Waals surface area (Å²) in [7, 11) is 9.58. The molecule has 0 saturated carbocycles. The lowest BCUT2D eigenvalue weighted by Crippen LogP contribution is -2.63. The SMILES string of the molecule is C/C=C/C[C@@H](C)[C@@H](O)[C@H]1C(=O)N[C@@H](CC)C(=O)N(C)CC(=O)N(C)C([C@@H](C)O)C(=O)N[C@@H](C(C)C)C(=O)N(C)[C@@H](CC(C)C)C(=O)N[C@@H](CC)C(=O)N[C@H](C)C(=O)N(C)[C@@H](CC(C)C)C(=O)N(C)[C@H](CC(C)C)C(=O)N(C)[C@@H](C(C)C)C(=O)N1C. The maximum absolute atomic E-state index is 15.1. The number of carbonyl (C=O) groups excluding carboxylic acids is 11. The highest BCUT2D eigenvalue weighted by molar-refractivity contribution is 5.99. The van der Waals surface area contributed by atoms with Gasteiger partial charge in [-0.15, -0.1) is 0 Å². The van der Waals surface area contributed by atoms with Gasteiger partial charge in [-0.3, -0.25) is 52.7 Å². The molecule has 1 rings (SSSR count). The van der Waals surface area contributed by atoms with Crippen LogP contribution in [0.5, 0.6) is 0 Å². The number of allylic oxidation sites excluding steroid dienone is 2. The molecule has 1 aliphatic heterocycles. The fourth-order valence-corrected chi connectivity index (χ4v) is 10.7. The highest BCUT2D eigenvalue weighted by Crippen LogP contribution is 2.25. The molecule has 1 heterocycles. The van der Waals surface area contributed by atoms with Gasteiger partial charge in [0.1, 0.15) is 60.4 Å². The van der Waals surface area contributed by atoms with Crippen LogP contribution < -0.4 is 21.3 Å². The molecule has 0 aromatic carbocycles. The lowest BCUT2D eigenvalue weighted by Gasteiger charge is -2.41. The molecule has 13 atom stereocenters. The van der Waals surface area contributed by atoms with E-state index in [1.165, 1.54) is 82.8 Å². The number of nitrogens with zero attached hydrogens (tertiary/aromatic N) is 7. The summed E-state index contributed by atoms with van der Waals surface area (Å²) in [4.78, 5) is 168. The van der Waals surface area contributed by atoms with Crippen LogP contribution in [-0.4, -0.2) is 238 Å². The Kier molecular flexibility index (Phi) is 31.5. The second kappa shape index (κ2) is 34.8. The summed E-state index contributed by atoms with van der Waals surface area (Å²) in [6.07, 6.45) is 1.26. The predicted molar refractivity (Wildman–Crippen MR) is 325 cm³/mol. The molecule has 1 unspecified atom stereocenters. The first-order chi connectivity index (χ1) is 39.3. The van der Waals surface area contributed by atoms with E-state index in [-0.39, 0.29) is 49.9 Å². The molecule has 1 saturated heterocycles. The van der Waals surface area contributed by atoms with Crippen molar-refractivity contribution in [3.63, 3.8) is 0 Å². The summed E-state index contributed by atoms with van der Waals surface area (Å²) in [5.74, 6) is -10.4. The normalized spacial score (nSPS) is 27.2. The topological polar surface area (TPSA) is 299 Å². The molecule has 486 valence electrons. The molecular formula is C61H109N11O13. The van der Waals surface area contributed by atoms with E-state index in [9.17, 15) is 53.4 Å². The molecule has 0 radical (unpaired) electrons. The number of aliphatic hydroxyl groups is 2. The van der Waals surface area contributed by atoms with Crippen LogP contribution >= 0.6 is 0 Å². The van der Waals surface area contributed by atoms with Crippen molar-refractivity contribution in [2.75, 3.05) is 55.9 Å². The van der Waals surface area contributed by atoms with Crippen molar-refractivity contribution in [1.82, 2.24) is 55.6 Å². The smallest absolute Gasteiger partial charge is 0.246 e. The summed E-state index contributed by atoms with van der Waals surface area (Å²) < 4.78 is 0. The summed E-state index contributed by atoms with van der Waals surface area (Å²) in [5.41, 5.74) is 0. The number of rotatable bonds is 15. The predicted octanol–water partition coefficient (Wildman–Crippen LogP) is 1.99. The Hall–Kier alpha value is -6.17. The molecule has 0 aromatic rings. The first-order valence-corrected chi connectivity index (χ1v) is 30.3. The van der Waals surface area contributed by atoms with E-state index >= 15 is 9.59 Å². The van der Waals surface area contributed by atoms with Crippen molar-refractivity contribution < 1.29 is 63.0 Å². The highest BCUT2D eigenvalue weighted by atomic mass is 16.3. The molecule has 1 fully saturated rings. The lowest BCUT2D eigenvalue weighted by molar-refractivity contribution is -0.157. The largest absolute Gasteiger partial charge is 0.391 e. The van der Waals surface area contributed by atoms with Crippen molar-refractivity contribution in [2.45, 2.75) is 222 Å². The fraction of sp³-hybridized carbons (Fsp3) is 0.787. The first-order valence-electron chi connectivity index (χ1n) is 30.3. The Balaban J connectivity index is 4.34. The van der Waals surface area contributed by atoms with Crippen molar-refractivity contribution in [1.29, 1.82) is 0 Å². The van der Waals surface area contributed by atoms with Gasteiger partial charge in [0.25, 0.3) is 0 Å². The molecule has 0 spiro atoms. The Bertz CT molecular complexity index is 2330. The van der Waals surface area contributed by atoms with Crippen LogP contribution in [0.4, 0.5) is 0 Å². The minimum Gasteiger partial charge on any atom is -0.391 e. The standard InChI is InChI=1S/C61H109N11O13/c1-24-27-28-38(14)51(75)50-55(79)64-42(26-3)57(81)66(17)32-46(74)70(21)49(40(16)73)54(78)65-47(36(10)11)60(84)67(18)43(29-33(4)5)53(77)63-41(25-2)52(76)62-39(15)56(80)68(19)44(30-34(6)7)58(82)69(20)45(31-35(8)9)59(83)71(22)48(37(12)13)61(85)72(50)23/h24,27,33-45,47-51,73,75H,25-26,28-32H2,1-23H3,(H,62,76)(H,63,77)(H,64,79)(H,65,78)/b27-24+/t38-,39-,40-,41+,42+,43+,44+,45-,47+,48+,49?,50+,51-/m1/s1. The van der Waals surface area contributed by atoms with E-state index < -0.39 is 162 Å². The molecule has 1 aliphatic rings. The molecular weight excluding hydrogens is 1090 g/mol. The molecule has 24 heteroatoms. The van der Waals surface area contributed by atoms with Crippen molar-refractivity contribution in [3.05, 3.63) is 12.2 Å². The minimum absolute atomic E-state index is 0.0183. The van der Waals surface area contributed by atoms with Crippen LogP contribution in [-0.2, 0) is 52.7 Å². The summed E-state index contributed by atoms with van der Waals surface area (Å²) in [6.45, 7) is 26.7. The van der Waals surface area contributed by atoms with Crippen LogP contribution in [0.15, 0.2) is 12.2 Å². The third-order valence-corrected chi connectivity index (χ3v) is 16.0. The van der Waals surface area contributed by atoms with Crippen LogP contribution in [0.3, 0.4) is 0 Å².